The number of benzene rings is 1. The standard InChI is InChI=1S/C14H18O4/c1-4-18-13(17)12(16)14(2,3)11(15)10-8-6-5-7-9-10/h5-9,12,16H,4H2,1-3H3/t12-/m1/s1. The molecule has 1 rings (SSSR count). The van der Waals surface area contributed by atoms with E-state index in [0.29, 0.717) is 5.56 Å². The van der Waals surface area contributed by atoms with Crippen molar-refractivity contribution in [1.82, 2.24) is 0 Å². The van der Waals surface area contributed by atoms with E-state index in [2.05, 4.69) is 0 Å². The van der Waals surface area contributed by atoms with Crippen molar-refractivity contribution in [1.29, 1.82) is 0 Å². The Balaban J connectivity index is 2.92. The summed E-state index contributed by atoms with van der Waals surface area (Å²) in [7, 11) is 0. The average Bonchev–Trinajstić information content (AvgIpc) is 2.38. The molecule has 0 saturated carbocycles. The number of aliphatic hydroxyl groups excluding tert-OH is 1. The molecule has 18 heavy (non-hydrogen) atoms. The molecule has 0 unspecified atom stereocenters. The first-order valence-electron chi connectivity index (χ1n) is 5.85. The van der Waals surface area contributed by atoms with Crippen LogP contribution in [0.1, 0.15) is 31.1 Å². The smallest absolute Gasteiger partial charge is 0.335 e. The lowest BCUT2D eigenvalue weighted by Crippen LogP contribution is -2.43. The van der Waals surface area contributed by atoms with E-state index in [1.807, 2.05) is 0 Å². The maximum atomic E-state index is 12.2. The van der Waals surface area contributed by atoms with Gasteiger partial charge in [0.05, 0.1) is 12.0 Å². The topological polar surface area (TPSA) is 63.6 Å². The van der Waals surface area contributed by atoms with Gasteiger partial charge in [-0.05, 0) is 20.8 Å². The number of esters is 1. The SMILES string of the molecule is CCOC(=O)[C@@H](O)C(C)(C)C(=O)c1ccccc1. The molecule has 0 spiro atoms. The Kier molecular flexibility index (Phi) is 4.62. The zero-order valence-electron chi connectivity index (χ0n) is 10.8. The number of rotatable bonds is 5. The molecule has 0 heterocycles. The third kappa shape index (κ3) is 2.96. The van der Waals surface area contributed by atoms with E-state index in [0.717, 1.165) is 0 Å². The molecular weight excluding hydrogens is 232 g/mol. The lowest BCUT2D eigenvalue weighted by atomic mass is 9.79. The minimum Gasteiger partial charge on any atom is -0.464 e. The van der Waals surface area contributed by atoms with Gasteiger partial charge in [0.2, 0.25) is 0 Å². The van der Waals surface area contributed by atoms with Crippen LogP contribution in [-0.2, 0) is 9.53 Å². The van der Waals surface area contributed by atoms with E-state index in [9.17, 15) is 14.7 Å². The van der Waals surface area contributed by atoms with E-state index in [-0.39, 0.29) is 12.4 Å². The average molecular weight is 250 g/mol. The fraction of sp³-hybridized carbons (Fsp3) is 0.429. The Hall–Kier alpha value is -1.68. The number of carbonyl (C=O) groups is 2. The predicted molar refractivity (Wildman–Crippen MR) is 67.2 cm³/mol. The van der Waals surface area contributed by atoms with Crippen LogP contribution >= 0.6 is 0 Å². The number of ether oxygens (including phenoxy) is 1. The number of aliphatic hydroxyl groups is 1. The highest BCUT2D eigenvalue weighted by Gasteiger charge is 2.41. The van der Waals surface area contributed by atoms with Crippen molar-refractivity contribution < 1.29 is 19.4 Å². The van der Waals surface area contributed by atoms with Crippen molar-refractivity contribution in [2.45, 2.75) is 26.9 Å². The first-order valence-corrected chi connectivity index (χ1v) is 5.85. The van der Waals surface area contributed by atoms with Crippen LogP contribution in [0.15, 0.2) is 30.3 Å². The van der Waals surface area contributed by atoms with Crippen molar-refractivity contribution in [3.8, 4) is 0 Å². The van der Waals surface area contributed by atoms with Gasteiger partial charge in [-0.1, -0.05) is 30.3 Å². The Morgan fingerprint density at radius 2 is 1.83 bits per heavy atom. The van der Waals surface area contributed by atoms with E-state index in [1.165, 1.54) is 13.8 Å². The molecule has 0 amide bonds. The van der Waals surface area contributed by atoms with Crippen LogP contribution < -0.4 is 0 Å². The van der Waals surface area contributed by atoms with Crippen molar-refractivity contribution in [3.05, 3.63) is 35.9 Å². The quantitative estimate of drug-likeness (QED) is 0.639. The second-order valence-electron chi connectivity index (χ2n) is 4.57. The minimum atomic E-state index is -1.47. The maximum Gasteiger partial charge on any atom is 0.335 e. The highest BCUT2D eigenvalue weighted by Crippen LogP contribution is 2.27. The summed E-state index contributed by atoms with van der Waals surface area (Å²) < 4.78 is 4.73. The molecule has 1 aromatic rings. The van der Waals surface area contributed by atoms with Crippen LogP contribution in [0.25, 0.3) is 0 Å². The van der Waals surface area contributed by atoms with Crippen molar-refractivity contribution >= 4 is 11.8 Å². The van der Waals surface area contributed by atoms with Crippen LogP contribution in [0.4, 0.5) is 0 Å². The largest absolute Gasteiger partial charge is 0.464 e. The maximum absolute atomic E-state index is 12.2. The fourth-order valence-corrected chi connectivity index (χ4v) is 1.60. The van der Waals surface area contributed by atoms with E-state index >= 15 is 0 Å². The van der Waals surface area contributed by atoms with Gasteiger partial charge in [-0.25, -0.2) is 4.79 Å². The van der Waals surface area contributed by atoms with Crippen LogP contribution in [0.3, 0.4) is 0 Å². The molecule has 0 aromatic heterocycles. The van der Waals surface area contributed by atoms with Gasteiger partial charge in [-0.2, -0.15) is 0 Å². The monoisotopic (exact) mass is 250 g/mol. The lowest BCUT2D eigenvalue weighted by Gasteiger charge is -2.27. The predicted octanol–water partition coefficient (Wildman–Crippen LogP) is 1.82. The van der Waals surface area contributed by atoms with Crippen LogP contribution in [0.2, 0.25) is 0 Å². The normalized spacial score (nSPS) is 12.9. The van der Waals surface area contributed by atoms with E-state index in [1.54, 1.807) is 37.3 Å². The highest BCUT2D eigenvalue weighted by atomic mass is 16.5. The van der Waals surface area contributed by atoms with Gasteiger partial charge in [0.25, 0.3) is 0 Å². The Morgan fingerprint density at radius 3 is 2.33 bits per heavy atom. The van der Waals surface area contributed by atoms with Gasteiger partial charge in [0.15, 0.2) is 11.9 Å². The van der Waals surface area contributed by atoms with E-state index in [4.69, 9.17) is 4.74 Å². The molecule has 98 valence electrons. The van der Waals surface area contributed by atoms with Gasteiger partial charge in [0, 0.05) is 5.56 Å². The summed E-state index contributed by atoms with van der Waals surface area (Å²) in [6.45, 7) is 4.88. The molecule has 0 fully saturated rings. The van der Waals surface area contributed by atoms with E-state index < -0.39 is 17.5 Å². The number of hydrogen-bond donors (Lipinski definition) is 1. The molecule has 1 aromatic carbocycles. The molecular formula is C14H18O4. The summed E-state index contributed by atoms with van der Waals surface area (Å²) >= 11 is 0. The summed E-state index contributed by atoms with van der Waals surface area (Å²) in [5, 5.41) is 9.91. The zero-order valence-corrected chi connectivity index (χ0v) is 10.8. The van der Waals surface area contributed by atoms with Crippen LogP contribution in [-0.4, -0.2) is 29.6 Å². The Labute approximate surface area is 107 Å². The van der Waals surface area contributed by atoms with Crippen LogP contribution in [0, 0.1) is 5.41 Å². The first kappa shape index (κ1) is 14.4. The summed E-state index contributed by atoms with van der Waals surface area (Å²) in [5.74, 6) is -1.06. The van der Waals surface area contributed by atoms with Crippen LogP contribution in [0.5, 0.6) is 0 Å². The summed E-state index contributed by atoms with van der Waals surface area (Å²) in [6.07, 6.45) is -1.47. The molecule has 0 aliphatic heterocycles. The third-order valence-electron chi connectivity index (χ3n) is 2.81. The Bertz CT molecular complexity index is 423. The number of ketones is 1. The minimum absolute atomic E-state index is 0.172. The van der Waals surface area contributed by atoms with Gasteiger partial charge < -0.3 is 9.84 Å². The lowest BCUT2D eigenvalue weighted by molar-refractivity contribution is -0.157. The molecule has 4 heteroatoms. The van der Waals surface area contributed by atoms with Crippen molar-refractivity contribution in [3.63, 3.8) is 0 Å². The van der Waals surface area contributed by atoms with Crippen molar-refractivity contribution in [2.75, 3.05) is 6.61 Å². The number of carbonyl (C=O) groups excluding carboxylic acids is 2. The molecule has 0 bridgehead atoms. The van der Waals surface area contributed by atoms with Gasteiger partial charge in [-0.3, -0.25) is 4.79 Å². The number of Topliss-reactive ketones (excluding diaryl/α,β-unsaturated/α-hetero) is 1. The molecule has 0 saturated heterocycles. The van der Waals surface area contributed by atoms with Crippen molar-refractivity contribution in [2.24, 2.45) is 5.41 Å². The van der Waals surface area contributed by atoms with Gasteiger partial charge in [-0.15, -0.1) is 0 Å². The van der Waals surface area contributed by atoms with Gasteiger partial charge in [0.1, 0.15) is 0 Å². The molecule has 0 radical (unpaired) electrons. The second kappa shape index (κ2) is 5.78. The molecule has 1 atom stereocenters. The molecule has 4 nitrogen and oxygen atoms in total. The molecule has 0 aliphatic carbocycles. The third-order valence-corrected chi connectivity index (χ3v) is 2.81. The summed E-state index contributed by atoms with van der Waals surface area (Å²) in [5.41, 5.74) is -0.751. The fourth-order valence-electron chi connectivity index (χ4n) is 1.60. The Morgan fingerprint density at radius 1 is 1.28 bits per heavy atom. The summed E-state index contributed by atoms with van der Waals surface area (Å²) in [6, 6.07) is 8.58. The molecule has 1 N–H and O–H groups in total. The highest BCUT2D eigenvalue weighted by molar-refractivity contribution is 6.02. The zero-order chi connectivity index (χ0) is 13.8. The second-order valence-corrected chi connectivity index (χ2v) is 4.57. The first-order chi connectivity index (χ1) is 8.41. The number of hydrogen-bond acceptors (Lipinski definition) is 4. The van der Waals surface area contributed by atoms with Gasteiger partial charge >= 0.3 is 5.97 Å². The summed E-state index contributed by atoms with van der Waals surface area (Å²) in [4.78, 5) is 23.7. The molecule has 0 aliphatic rings.